The number of carbonyl (C=O) groups is 1. The number of hydrogen-bond donors (Lipinski definition) is 1. The van der Waals surface area contributed by atoms with Crippen LogP contribution in [0.2, 0.25) is 0 Å². The third-order valence-corrected chi connectivity index (χ3v) is 8.63. The van der Waals surface area contributed by atoms with Gasteiger partial charge in [-0.05, 0) is 54.6 Å². The van der Waals surface area contributed by atoms with Crippen LogP contribution in [0.5, 0.6) is 11.5 Å². The van der Waals surface area contributed by atoms with Crippen molar-refractivity contribution in [3.63, 3.8) is 0 Å². The van der Waals surface area contributed by atoms with E-state index in [0.29, 0.717) is 28.0 Å². The largest absolute Gasteiger partial charge is 0.457 e. The van der Waals surface area contributed by atoms with Crippen molar-refractivity contribution >= 4 is 42.4 Å². The van der Waals surface area contributed by atoms with Gasteiger partial charge in [0.25, 0.3) is 5.91 Å². The summed E-state index contributed by atoms with van der Waals surface area (Å²) in [5.41, 5.74) is 1.80. The zero-order valence-corrected chi connectivity index (χ0v) is 24.0. The monoisotopic (exact) mass is 602 g/mol. The van der Waals surface area contributed by atoms with E-state index >= 15 is 0 Å². The Morgan fingerprint density at radius 1 is 1.02 bits per heavy atom. The highest BCUT2D eigenvalue weighted by molar-refractivity contribution is 7.92. The zero-order chi connectivity index (χ0) is 29.5. The maximum absolute atomic E-state index is 13.2. The molecule has 0 bridgehead atoms. The molecule has 0 radical (unpaired) electrons. The van der Waals surface area contributed by atoms with E-state index in [2.05, 4.69) is 5.32 Å². The van der Waals surface area contributed by atoms with Crippen molar-refractivity contribution in [1.29, 1.82) is 0 Å². The number of sulfone groups is 1. The van der Waals surface area contributed by atoms with Gasteiger partial charge < -0.3 is 19.2 Å². The van der Waals surface area contributed by atoms with Gasteiger partial charge in [-0.1, -0.05) is 0 Å². The number of furan rings is 1. The lowest BCUT2D eigenvalue weighted by molar-refractivity contribution is 0.0663. The molecular formula is C28H27FN2O8S2. The molecule has 5 rings (SSSR count). The van der Waals surface area contributed by atoms with Crippen LogP contribution in [0, 0.1) is 5.82 Å². The van der Waals surface area contributed by atoms with Crippen molar-refractivity contribution in [2.24, 2.45) is 0 Å². The Kier molecular flexibility index (Phi) is 7.53. The average molecular weight is 603 g/mol. The summed E-state index contributed by atoms with van der Waals surface area (Å²) < 4.78 is 81.4. The molecule has 1 N–H and O–H groups in total. The van der Waals surface area contributed by atoms with Crippen molar-refractivity contribution in [3.8, 4) is 22.8 Å². The first-order valence-electron chi connectivity index (χ1n) is 12.4. The molecule has 1 aliphatic rings. The molecule has 216 valence electrons. The van der Waals surface area contributed by atoms with Gasteiger partial charge in [0.15, 0.2) is 0 Å². The van der Waals surface area contributed by atoms with Crippen LogP contribution in [-0.2, 0) is 31.2 Å². The minimum atomic E-state index is -3.83. The van der Waals surface area contributed by atoms with E-state index in [1.54, 1.807) is 30.3 Å². The van der Waals surface area contributed by atoms with Crippen molar-refractivity contribution in [1.82, 2.24) is 5.32 Å². The van der Waals surface area contributed by atoms with E-state index in [1.165, 1.54) is 37.4 Å². The Labute approximate surface area is 236 Å². The molecule has 0 saturated carbocycles. The smallest absolute Gasteiger partial charge is 0.255 e. The summed E-state index contributed by atoms with van der Waals surface area (Å²) in [6.45, 7) is -0.267. The lowest BCUT2D eigenvalue weighted by Gasteiger charge is -2.24. The summed E-state index contributed by atoms with van der Waals surface area (Å²) in [4.78, 5) is 13.1. The molecule has 0 spiro atoms. The number of halogens is 1. The summed E-state index contributed by atoms with van der Waals surface area (Å²) in [7, 11) is -5.79. The summed E-state index contributed by atoms with van der Waals surface area (Å²) in [6.07, 6.45) is 1.21. The van der Waals surface area contributed by atoms with Crippen LogP contribution < -0.4 is 14.4 Å². The number of ether oxygens (including phenoxy) is 2. The van der Waals surface area contributed by atoms with Crippen LogP contribution in [0.15, 0.2) is 65.1 Å². The van der Waals surface area contributed by atoms with Crippen LogP contribution in [0.4, 0.5) is 10.1 Å². The summed E-state index contributed by atoms with van der Waals surface area (Å²) >= 11 is 0. The van der Waals surface area contributed by atoms with Crippen molar-refractivity contribution in [3.05, 3.63) is 77.6 Å². The fraction of sp³-hybridized carbons (Fsp3) is 0.250. The second-order valence-electron chi connectivity index (χ2n) is 9.76. The van der Waals surface area contributed by atoms with Gasteiger partial charge in [-0.25, -0.2) is 21.2 Å². The molecule has 3 aromatic carbocycles. The zero-order valence-electron chi connectivity index (χ0n) is 22.4. The van der Waals surface area contributed by atoms with Gasteiger partial charge in [0.2, 0.25) is 10.0 Å². The van der Waals surface area contributed by atoms with Gasteiger partial charge in [-0.2, -0.15) is 0 Å². The molecule has 0 unspecified atom stereocenters. The lowest BCUT2D eigenvalue weighted by atomic mass is 10.0. The lowest BCUT2D eigenvalue weighted by Crippen LogP contribution is -2.39. The van der Waals surface area contributed by atoms with Gasteiger partial charge in [0.05, 0.1) is 42.5 Å². The Bertz CT molecular complexity index is 1830. The van der Waals surface area contributed by atoms with Gasteiger partial charge in [0.1, 0.15) is 38.5 Å². The van der Waals surface area contributed by atoms with Crippen molar-refractivity contribution in [2.75, 3.05) is 36.2 Å². The Balaban J connectivity index is 1.57. The maximum atomic E-state index is 13.2. The minimum Gasteiger partial charge on any atom is -0.457 e. The van der Waals surface area contributed by atoms with Crippen molar-refractivity contribution < 1.29 is 39.9 Å². The Hall–Kier alpha value is -3.94. The van der Waals surface area contributed by atoms with E-state index in [0.717, 1.165) is 16.8 Å². The number of fused-ring (bicyclic) bond motifs is 2. The normalized spacial score (nSPS) is 15.8. The number of benzene rings is 3. The maximum Gasteiger partial charge on any atom is 0.255 e. The molecule has 2 heterocycles. The molecule has 0 saturated heterocycles. The number of nitrogens with one attached hydrogen (secondary N) is 1. The van der Waals surface area contributed by atoms with E-state index in [9.17, 15) is 26.0 Å². The number of rotatable bonds is 7. The van der Waals surface area contributed by atoms with Gasteiger partial charge in [-0.15, -0.1) is 0 Å². The first-order valence-corrected chi connectivity index (χ1v) is 16.4. The van der Waals surface area contributed by atoms with Crippen LogP contribution >= 0.6 is 0 Å². The highest BCUT2D eigenvalue weighted by atomic mass is 32.2. The van der Waals surface area contributed by atoms with Gasteiger partial charge >= 0.3 is 0 Å². The predicted molar refractivity (Wildman–Crippen MR) is 152 cm³/mol. The summed E-state index contributed by atoms with van der Waals surface area (Å²) in [5, 5.41) is 3.05. The summed E-state index contributed by atoms with van der Waals surface area (Å²) in [5.74, 6) is 0.0413. The third kappa shape index (κ3) is 6.21. The van der Waals surface area contributed by atoms with E-state index in [-0.39, 0.29) is 47.3 Å². The summed E-state index contributed by atoms with van der Waals surface area (Å²) in [6, 6.07) is 15.5. The van der Waals surface area contributed by atoms with Crippen LogP contribution in [0.3, 0.4) is 0 Å². The molecule has 1 aliphatic heterocycles. The van der Waals surface area contributed by atoms with E-state index in [1.807, 2.05) is 0 Å². The van der Waals surface area contributed by atoms with E-state index < -0.39 is 31.9 Å². The molecular weight excluding hydrogens is 575 g/mol. The average Bonchev–Trinajstić information content (AvgIpc) is 3.18. The second-order valence-corrected chi connectivity index (χ2v) is 13.9. The van der Waals surface area contributed by atoms with Crippen LogP contribution in [-0.4, -0.2) is 60.7 Å². The third-order valence-electron chi connectivity index (χ3n) is 6.51. The number of anilines is 1. The second kappa shape index (κ2) is 10.8. The molecule has 0 fully saturated rings. The van der Waals surface area contributed by atoms with Crippen LogP contribution in [0.1, 0.15) is 15.9 Å². The van der Waals surface area contributed by atoms with Gasteiger partial charge in [-0.3, -0.25) is 9.10 Å². The first-order chi connectivity index (χ1) is 19.3. The fourth-order valence-electron chi connectivity index (χ4n) is 4.69. The molecule has 1 amide bonds. The molecule has 4 aromatic rings. The number of amides is 1. The number of sulfonamides is 1. The molecule has 41 heavy (non-hydrogen) atoms. The number of carbonyl (C=O) groups excluding carboxylic acids is 1. The number of hydrogen-bond acceptors (Lipinski definition) is 8. The molecule has 13 heteroatoms. The number of nitrogens with zero attached hydrogens (tertiary/aromatic N) is 1. The highest BCUT2D eigenvalue weighted by Gasteiger charge is 2.32. The molecule has 1 aromatic heterocycles. The fourth-order valence-corrected chi connectivity index (χ4v) is 6.53. The minimum absolute atomic E-state index is 0.0689. The molecule has 1 atom stereocenters. The van der Waals surface area contributed by atoms with Crippen LogP contribution in [0.25, 0.3) is 22.3 Å². The standard InChI is InChI=1S/C28H27FN2O8S2/c1-30-28(32)26-23-12-18-15-37-22(16-40(2,33)34)14-31(41(3,35)36)24(18)13-25(23)39-27(26)17-4-8-20(9-5-17)38-21-10-6-19(29)7-11-21/h4-13,22H,14-16H2,1-3H3,(H,30,32)/t22-/m1/s1. The van der Waals surface area contributed by atoms with Crippen molar-refractivity contribution in [2.45, 2.75) is 12.7 Å². The van der Waals surface area contributed by atoms with E-state index in [4.69, 9.17) is 13.9 Å². The molecule has 10 nitrogen and oxygen atoms in total. The Morgan fingerprint density at radius 2 is 1.66 bits per heavy atom. The highest BCUT2D eigenvalue weighted by Crippen LogP contribution is 2.40. The predicted octanol–water partition coefficient (Wildman–Crippen LogP) is 4.10. The van der Waals surface area contributed by atoms with Gasteiger partial charge in [0, 0.05) is 35.9 Å². The molecule has 0 aliphatic carbocycles. The quantitative estimate of drug-likeness (QED) is 0.335. The SMILES string of the molecule is CNC(=O)c1c(-c2ccc(Oc3ccc(F)cc3)cc2)oc2cc3c(cc12)CO[C@@H](CS(C)(=O)=O)CN3S(C)(=O)=O. The Morgan fingerprint density at radius 3 is 2.24 bits per heavy atom. The first kappa shape index (κ1) is 28.6. The topological polar surface area (TPSA) is 132 Å².